The van der Waals surface area contributed by atoms with Gasteiger partial charge in [-0.05, 0) is 119 Å². The van der Waals surface area contributed by atoms with Crippen LogP contribution in [0.2, 0.25) is 0 Å². The minimum atomic E-state index is -3.88. The van der Waals surface area contributed by atoms with E-state index in [0.29, 0.717) is 81.1 Å². The SMILES string of the molecule is CC(C)[C@@H](C=O)NC(=O)[C@@H]1CCCN1C(=O)[C@H](CCCCNC(=O)c1ccc(C(=O)O)cc1)NS(=O)(=O)C12CC3CC(CC(C3)C1)C2. The summed E-state index contributed by atoms with van der Waals surface area (Å²) in [5, 5.41) is 14.6. The molecule has 4 aliphatic carbocycles. The standard InChI is InChI=1S/C34H48N4O8S/c1-21(2)28(20-39)36-31(41)29-7-5-13-38(29)32(42)27(6-3-4-12-35-30(40)25-8-10-26(11-9-25)33(43)44)37-47(45,46)34-17-22-14-23(18-34)16-24(15-22)19-34/h8-11,20-24,27-29,37H,3-7,12-19H2,1-2H3,(H,35,40)(H,36,41)(H,43,44)/t22?,23?,24?,27-,28+,29-,34?/m0/s1. The van der Waals surface area contributed by atoms with Crippen molar-refractivity contribution in [2.45, 2.75) is 107 Å². The number of unbranched alkanes of at least 4 members (excludes halogenated alkanes) is 1. The lowest BCUT2D eigenvalue weighted by Gasteiger charge is -2.55. The molecule has 0 aromatic heterocycles. The van der Waals surface area contributed by atoms with E-state index in [1.54, 1.807) is 0 Å². The summed E-state index contributed by atoms with van der Waals surface area (Å²) in [5.74, 6) is -1.22. The van der Waals surface area contributed by atoms with Crippen LogP contribution in [0.1, 0.15) is 105 Å². The quantitative estimate of drug-likeness (QED) is 0.162. The van der Waals surface area contributed by atoms with Crippen molar-refractivity contribution in [3.63, 3.8) is 0 Å². The fraction of sp³-hybridized carbons (Fsp3) is 0.676. The second-order valence-electron chi connectivity index (χ2n) is 14.5. The smallest absolute Gasteiger partial charge is 0.335 e. The highest BCUT2D eigenvalue weighted by atomic mass is 32.2. The minimum Gasteiger partial charge on any atom is -0.478 e. The molecule has 1 aromatic carbocycles. The maximum absolute atomic E-state index is 14.2. The van der Waals surface area contributed by atoms with Crippen molar-refractivity contribution in [2.24, 2.45) is 23.7 Å². The molecule has 4 N–H and O–H groups in total. The zero-order valence-corrected chi connectivity index (χ0v) is 28.1. The molecule has 1 aliphatic heterocycles. The van der Waals surface area contributed by atoms with Crippen LogP contribution in [0, 0.1) is 23.7 Å². The van der Waals surface area contributed by atoms with Crippen molar-refractivity contribution in [1.29, 1.82) is 0 Å². The van der Waals surface area contributed by atoms with Crippen molar-refractivity contribution in [3.05, 3.63) is 35.4 Å². The van der Waals surface area contributed by atoms with E-state index >= 15 is 0 Å². The molecule has 1 aromatic rings. The van der Waals surface area contributed by atoms with Gasteiger partial charge in [0.2, 0.25) is 21.8 Å². The second-order valence-corrected chi connectivity index (χ2v) is 16.6. The van der Waals surface area contributed by atoms with E-state index < -0.39 is 50.7 Å². The summed E-state index contributed by atoms with van der Waals surface area (Å²) >= 11 is 0. The number of carboxylic acid groups (broad SMARTS) is 1. The number of carbonyl (C=O) groups excluding carboxylic acids is 4. The average molecular weight is 673 g/mol. The number of rotatable bonds is 15. The lowest BCUT2D eigenvalue weighted by Crippen LogP contribution is -2.61. The van der Waals surface area contributed by atoms with Crippen LogP contribution >= 0.6 is 0 Å². The predicted molar refractivity (Wildman–Crippen MR) is 174 cm³/mol. The van der Waals surface area contributed by atoms with Gasteiger partial charge in [-0.25, -0.2) is 17.9 Å². The number of benzene rings is 1. The number of amides is 3. The van der Waals surface area contributed by atoms with Crippen LogP contribution in [-0.2, 0) is 24.4 Å². The van der Waals surface area contributed by atoms with Gasteiger partial charge in [0.1, 0.15) is 18.4 Å². The Balaban J connectivity index is 1.26. The van der Waals surface area contributed by atoms with E-state index in [9.17, 15) is 32.4 Å². The van der Waals surface area contributed by atoms with Crippen molar-refractivity contribution in [3.8, 4) is 0 Å². The van der Waals surface area contributed by atoms with E-state index in [4.69, 9.17) is 5.11 Å². The van der Waals surface area contributed by atoms with Crippen molar-refractivity contribution in [2.75, 3.05) is 13.1 Å². The lowest BCUT2D eigenvalue weighted by molar-refractivity contribution is -0.140. The first kappa shape index (κ1) is 35.0. The molecule has 0 unspecified atom stereocenters. The summed E-state index contributed by atoms with van der Waals surface area (Å²) in [6.45, 7) is 4.24. The highest BCUT2D eigenvalue weighted by molar-refractivity contribution is 7.91. The molecule has 5 aliphatic rings. The Hall–Kier alpha value is -3.32. The van der Waals surface area contributed by atoms with E-state index in [0.717, 1.165) is 19.3 Å². The maximum Gasteiger partial charge on any atom is 0.335 e. The number of carbonyl (C=O) groups is 5. The number of aromatic carboxylic acids is 1. The van der Waals surface area contributed by atoms with Gasteiger partial charge >= 0.3 is 5.97 Å². The van der Waals surface area contributed by atoms with Gasteiger partial charge in [-0.3, -0.25) is 14.4 Å². The van der Waals surface area contributed by atoms with Gasteiger partial charge in [-0.1, -0.05) is 13.8 Å². The number of aldehydes is 1. The molecule has 0 radical (unpaired) electrons. The van der Waals surface area contributed by atoms with Crippen LogP contribution in [-0.4, -0.2) is 84.4 Å². The second kappa shape index (κ2) is 14.4. The Morgan fingerprint density at radius 3 is 2.13 bits per heavy atom. The molecule has 258 valence electrons. The molecule has 13 heteroatoms. The molecule has 4 saturated carbocycles. The number of hydrogen-bond acceptors (Lipinski definition) is 7. The Morgan fingerprint density at radius 1 is 0.979 bits per heavy atom. The van der Waals surface area contributed by atoms with Gasteiger partial charge in [0.25, 0.3) is 5.91 Å². The maximum atomic E-state index is 14.2. The van der Waals surface area contributed by atoms with E-state index in [1.165, 1.54) is 29.2 Å². The molecule has 3 amide bonds. The van der Waals surface area contributed by atoms with E-state index in [-0.39, 0.29) is 30.4 Å². The highest BCUT2D eigenvalue weighted by Crippen LogP contribution is 2.58. The molecular weight excluding hydrogens is 624 g/mol. The fourth-order valence-electron chi connectivity index (χ4n) is 8.57. The summed E-state index contributed by atoms with van der Waals surface area (Å²) < 4.78 is 30.4. The first-order valence-electron chi connectivity index (χ1n) is 17.0. The third-order valence-electron chi connectivity index (χ3n) is 10.8. The molecular formula is C34H48N4O8S. The zero-order chi connectivity index (χ0) is 33.9. The Morgan fingerprint density at radius 2 is 1.57 bits per heavy atom. The largest absolute Gasteiger partial charge is 0.478 e. The van der Waals surface area contributed by atoms with Crippen LogP contribution in [0.25, 0.3) is 0 Å². The minimum absolute atomic E-state index is 0.0782. The van der Waals surface area contributed by atoms with Crippen molar-refractivity contribution < 1.29 is 37.5 Å². The van der Waals surface area contributed by atoms with Crippen LogP contribution in [0.4, 0.5) is 0 Å². The summed E-state index contributed by atoms with van der Waals surface area (Å²) in [5.41, 5.74) is 0.397. The monoisotopic (exact) mass is 672 g/mol. The number of sulfonamides is 1. The molecule has 1 heterocycles. The lowest BCUT2D eigenvalue weighted by atomic mass is 9.56. The first-order chi connectivity index (χ1) is 22.3. The topological polar surface area (TPSA) is 179 Å². The van der Waals surface area contributed by atoms with Crippen LogP contribution in [0.5, 0.6) is 0 Å². The van der Waals surface area contributed by atoms with Crippen LogP contribution in [0.15, 0.2) is 24.3 Å². The predicted octanol–water partition coefficient (Wildman–Crippen LogP) is 2.87. The van der Waals surface area contributed by atoms with Gasteiger partial charge in [0, 0.05) is 18.7 Å². The van der Waals surface area contributed by atoms with Gasteiger partial charge in [-0.2, -0.15) is 0 Å². The van der Waals surface area contributed by atoms with Crippen molar-refractivity contribution in [1.82, 2.24) is 20.3 Å². The number of hydrogen-bond donors (Lipinski definition) is 4. The molecule has 4 bridgehead atoms. The molecule has 47 heavy (non-hydrogen) atoms. The fourth-order valence-corrected chi connectivity index (χ4v) is 10.8. The van der Waals surface area contributed by atoms with Gasteiger partial charge < -0.3 is 25.4 Å². The Bertz CT molecular complexity index is 1430. The molecule has 3 atom stereocenters. The molecule has 1 saturated heterocycles. The Kier molecular flexibility index (Phi) is 10.7. The molecule has 6 rings (SSSR count). The van der Waals surface area contributed by atoms with Crippen LogP contribution in [0.3, 0.4) is 0 Å². The number of nitrogens with one attached hydrogen (secondary N) is 3. The zero-order valence-electron chi connectivity index (χ0n) is 27.3. The number of nitrogens with zero attached hydrogens (tertiary/aromatic N) is 1. The van der Waals surface area contributed by atoms with Gasteiger partial charge in [-0.15, -0.1) is 0 Å². The summed E-state index contributed by atoms with van der Waals surface area (Å²) in [6, 6.07) is 3.06. The van der Waals surface area contributed by atoms with Crippen LogP contribution < -0.4 is 15.4 Å². The number of likely N-dealkylation sites (tertiary alicyclic amines) is 1. The van der Waals surface area contributed by atoms with Gasteiger partial charge in [0.05, 0.1) is 16.4 Å². The molecule has 5 fully saturated rings. The third kappa shape index (κ3) is 7.72. The Labute approximate surface area is 276 Å². The first-order valence-corrected chi connectivity index (χ1v) is 18.5. The third-order valence-corrected chi connectivity index (χ3v) is 13.0. The molecule has 0 spiro atoms. The summed E-state index contributed by atoms with van der Waals surface area (Å²) in [4.78, 5) is 64.0. The average Bonchev–Trinajstić information content (AvgIpc) is 3.52. The summed E-state index contributed by atoms with van der Waals surface area (Å²) in [6.07, 6.45) is 7.89. The van der Waals surface area contributed by atoms with E-state index in [2.05, 4.69) is 15.4 Å². The number of carboxylic acids is 1. The van der Waals surface area contributed by atoms with E-state index in [1.807, 2.05) is 13.8 Å². The van der Waals surface area contributed by atoms with Gasteiger partial charge in [0.15, 0.2) is 0 Å². The summed E-state index contributed by atoms with van der Waals surface area (Å²) in [7, 11) is -3.88. The van der Waals surface area contributed by atoms with Crippen molar-refractivity contribution >= 4 is 40.0 Å². The highest BCUT2D eigenvalue weighted by Gasteiger charge is 2.58. The normalized spacial score (nSPS) is 27.8. The molecule has 12 nitrogen and oxygen atoms in total.